The van der Waals surface area contributed by atoms with Gasteiger partial charge in [0.15, 0.2) is 0 Å². The first-order valence-electron chi connectivity index (χ1n) is 6.62. The highest BCUT2D eigenvalue weighted by atomic mass is 32.1. The molecule has 0 fully saturated rings. The van der Waals surface area contributed by atoms with Crippen molar-refractivity contribution in [3.05, 3.63) is 40.4 Å². The number of benzene rings is 1. The first-order valence-corrected chi connectivity index (χ1v) is 7.43. The number of nitrogens with zero attached hydrogens (tertiary/aromatic N) is 1. The molecule has 0 amide bonds. The zero-order chi connectivity index (χ0) is 14.8. The van der Waals surface area contributed by atoms with Crippen molar-refractivity contribution in [2.24, 2.45) is 0 Å². The third kappa shape index (κ3) is 3.20. The summed E-state index contributed by atoms with van der Waals surface area (Å²) in [6.07, 6.45) is -1.42. The largest absolute Gasteiger partial charge is 0.416 e. The number of alkyl halides is 3. The van der Waals surface area contributed by atoms with E-state index in [2.05, 4.69) is 11.9 Å². The van der Waals surface area contributed by atoms with E-state index < -0.39 is 11.7 Å². The Morgan fingerprint density at radius 2 is 1.75 bits per heavy atom. The van der Waals surface area contributed by atoms with Crippen molar-refractivity contribution in [3.8, 4) is 10.6 Å². The molecule has 20 heavy (non-hydrogen) atoms. The molecule has 0 spiro atoms. The second kappa shape index (κ2) is 5.95. The van der Waals surface area contributed by atoms with Crippen molar-refractivity contribution in [1.82, 2.24) is 4.98 Å². The van der Waals surface area contributed by atoms with Crippen LogP contribution in [0, 0.1) is 0 Å². The zero-order valence-electron chi connectivity index (χ0n) is 11.4. The summed E-state index contributed by atoms with van der Waals surface area (Å²) in [5.41, 5.74) is 1.19. The van der Waals surface area contributed by atoms with Gasteiger partial charge in [0.05, 0.1) is 11.3 Å². The van der Waals surface area contributed by atoms with E-state index in [1.807, 2.05) is 6.92 Å². The van der Waals surface area contributed by atoms with Gasteiger partial charge in [0, 0.05) is 10.4 Å². The molecule has 1 aromatic carbocycles. The molecule has 108 valence electrons. The molecule has 0 bridgehead atoms. The van der Waals surface area contributed by atoms with Gasteiger partial charge in [0.25, 0.3) is 0 Å². The second-order valence-corrected chi connectivity index (χ2v) is 5.65. The summed E-state index contributed by atoms with van der Waals surface area (Å²) in [6.45, 7) is 4.15. The number of thiazole rings is 1. The Bertz CT molecular complexity index is 570. The lowest BCUT2D eigenvalue weighted by Crippen LogP contribution is -2.03. The van der Waals surface area contributed by atoms with Gasteiger partial charge in [-0.3, -0.25) is 0 Å². The highest BCUT2D eigenvalue weighted by Crippen LogP contribution is 2.33. The fourth-order valence-electron chi connectivity index (χ4n) is 2.01. The van der Waals surface area contributed by atoms with Crippen LogP contribution in [0.3, 0.4) is 0 Å². The molecule has 0 saturated carbocycles. The van der Waals surface area contributed by atoms with Crippen LogP contribution in [0.1, 0.15) is 36.4 Å². The summed E-state index contributed by atoms with van der Waals surface area (Å²) in [5.74, 6) is 0. The molecule has 0 aliphatic carbocycles. The molecule has 0 N–H and O–H groups in total. The third-order valence-corrected chi connectivity index (χ3v) is 4.26. The Balaban J connectivity index is 2.32. The summed E-state index contributed by atoms with van der Waals surface area (Å²) < 4.78 is 37.6. The van der Waals surface area contributed by atoms with Crippen molar-refractivity contribution < 1.29 is 13.2 Å². The minimum Gasteiger partial charge on any atom is -0.241 e. The number of halogens is 3. The van der Waals surface area contributed by atoms with Gasteiger partial charge in [-0.05, 0) is 25.0 Å². The predicted molar refractivity (Wildman–Crippen MR) is 75.9 cm³/mol. The van der Waals surface area contributed by atoms with Gasteiger partial charge in [-0.1, -0.05) is 32.4 Å². The lowest BCUT2D eigenvalue weighted by atomic mass is 10.1. The molecule has 2 rings (SSSR count). The summed E-state index contributed by atoms with van der Waals surface area (Å²) in [5, 5.41) is 0.805. The van der Waals surface area contributed by atoms with Crippen LogP contribution in [0.2, 0.25) is 0 Å². The predicted octanol–water partition coefficient (Wildman–Crippen LogP) is 5.34. The fourth-order valence-corrected chi connectivity index (χ4v) is 3.26. The third-order valence-electron chi connectivity index (χ3n) is 3.05. The van der Waals surface area contributed by atoms with E-state index >= 15 is 0 Å². The normalized spacial score (nSPS) is 11.8. The van der Waals surface area contributed by atoms with Crippen LogP contribution in [0.5, 0.6) is 0 Å². The maximum Gasteiger partial charge on any atom is 0.416 e. The monoisotopic (exact) mass is 299 g/mol. The summed E-state index contributed by atoms with van der Waals surface area (Å²) in [6, 6.07) is 5.22. The average molecular weight is 299 g/mol. The molecular formula is C15H16F3NS. The Morgan fingerprint density at radius 3 is 2.25 bits per heavy atom. The number of aromatic nitrogens is 1. The van der Waals surface area contributed by atoms with Crippen LogP contribution < -0.4 is 0 Å². The van der Waals surface area contributed by atoms with Crippen LogP contribution in [-0.2, 0) is 19.0 Å². The molecule has 2 aromatic rings. The molecule has 1 aromatic heterocycles. The lowest BCUT2D eigenvalue weighted by Gasteiger charge is -2.06. The fraction of sp³-hybridized carbons (Fsp3) is 0.400. The van der Waals surface area contributed by atoms with Crippen LogP contribution in [0.25, 0.3) is 10.6 Å². The minimum atomic E-state index is -4.29. The van der Waals surface area contributed by atoms with Gasteiger partial charge in [0.2, 0.25) is 0 Å². The van der Waals surface area contributed by atoms with Gasteiger partial charge in [-0.25, -0.2) is 4.98 Å². The van der Waals surface area contributed by atoms with Crippen molar-refractivity contribution >= 4 is 11.3 Å². The number of rotatable bonds is 4. The first-order chi connectivity index (χ1) is 9.45. The maximum atomic E-state index is 12.5. The van der Waals surface area contributed by atoms with E-state index in [1.54, 1.807) is 11.3 Å². The van der Waals surface area contributed by atoms with Crippen molar-refractivity contribution in [2.45, 2.75) is 39.3 Å². The van der Waals surface area contributed by atoms with Crippen molar-refractivity contribution in [1.29, 1.82) is 0 Å². The molecule has 5 heteroatoms. The summed E-state index contributed by atoms with van der Waals surface area (Å²) in [4.78, 5) is 5.79. The van der Waals surface area contributed by atoms with E-state index in [1.165, 1.54) is 17.0 Å². The van der Waals surface area contributed by atoms with E-state index in [9.17, 15) is 13.2 Å². The number of hydrogen-bond donors (Lipinski definition) is 0. The second-order valence-electron chi connectivity index (χ2n) is 4.57. The van der Waals surface area contributed by atoms with Gasteiger partial charge in [0.1, 0.15) is 5.01 Å². The van der Waals surface area contributed by atoms with Crippen LogP contribution in [0.15, 0.2) is 24.3 Å². The standard InChI is InChI=1S/C15H16F3NS/c1-3-5-13-12(4-2)19-14(20-13)10-6-8-11(9-7-10)15(16,17)18/h6-9H,3-5H2,1-2H3. The van der Waals surface area contributed by atoms with Crippen molar-refractivity contribution in [3.63, 3.8) is 0 Å². The van der Waals surface area contributed by atoms with E-state index in [0.717, 1.165) is 47.7 Å². The molecule has 1 nitrogen and oxygen atoms in total. The summed E-state index contributed by atoms with van der Waals surface area (Å²) >= 11 is 1.58. The van der Waals surface area contributed by atoms with Gasteiger partial charge in [-0.15, -0.1) is 11.3 Å². The SMILES string of the molecule is CCCc1sc(-c2ccc(C(F)(F)F)cc2)nc1CC. The van der Waals surface area contributed by atoms with Crippen LogP contribution in [-0.4, -0.2) is 4.98 Å². The maximum absolute atomic E-state index is 12.5. The summed E-state index contributed by atoms with van der Waals surface area (Å²) in [7, 11) is 0. The number of hydrogen-bond acceptors (Lipinski definition) is 2. The molecule has 0 unspecified atom stereocenters. The van der Waals surface area contributed by atoms with E-state index in [4.69, 9.17) is 0 Å². The van der Waals surface area contributed by atoms with Gasteiger partial charge in [-0.2, -0.15) is 13.2 Å². The average Bonchev–Trinajstić information content (AvgIpc) is 2.81. The molecule has 0 aliphatic heterocycles. The molecule has 0 atom stereocenters. The van der Waals surface area contributed by atoms with Gasteiger partial charge >= 0.3 is 6.18 Å². The minimum absolute atomic E-state index is 0.623. The highest BCUT2D eigenvalue weighted by Gasteiger charge is 2.30. The van der Waals surface area contributed by atoms with E-state index in [-0.39, 0.29) is 0 Å². The molecule has 0 saturated heterocycles. The van der Waals surface area contributed by atoms with Crippen LogP contribution in [0.4, 0.5) is 13.2 Å². The van der Waals surface area contributed by atoms with Crippen LogP contribution >= 0.6 is 11.3 Å². The topological polar surface area (TPSA) is 12.9 Å². The lowest BCUT2D eigenvalue weighted by molar-refractivity contribution is -0.137. The molecule has 1 heterocycles. The smallest absolute Gasteiger partial charge is 0.241 e. The van der Waals surface area contributed by atoms with Gasteiger partial charge < -0.3 is 0 Å². The molecular weight excluding hydrogens is 283 g/mol. The Hall–Kier alpha value is -1.36. The Labute approximate surface area is 120 Å². The zero-order valence-corrected chi connectivity index (χ0v) is 12.2. The van der Waals surface area contributed by atoms with E-state index in [0.29, 0.717) is 0 Å². The Kier molecular flexibility index (Phi) is 4.48. The van der Waals surface area contributed by atoms with Crippen molar-refractivity contribution in [2.75, 3.05) is 0 Å². The molecule has 0 aliphatic rings. The molecule has 0 radical (unpaired) electrons. The quantitative estimate of drug-likeness (QED) is 0.742. The Morgan fingerprint density at radius 1 is 1.10 bits per heavy atom. The number of aryl methyl sites for hydroxylation is 2. The highest BCUT2D eigenvalue weighted by molar-refractivity contribution is 7.15. The first kappa shape index (κ1) is 15.0.